The van der Waals surface area contributed by atoms with Gasteiger partial charge >= 0.3 is 6.03 Å². The van der Waals surface area contributed by atoms with Gasteiger partial charge in [-0.05, 0) is 41.9 Å². The van der Waals surface area contributed by atoms with Gasteiger partial charge in [-0.25, -0.2) is 4.79 Å². The summed E-state index contributed by atoms with van der Waals surface area (Å²) in [6.07, 6.45) is 2.64. The average Bonchev–Trinajstić information content (AvgIpc) is 3.22. The van der Waals surface area contributed by atoms with E-state index in [1.807, 2.05) is 12.1 Å². The molecule has 1 aromatic carbocycles. The summed E-state index contributed by atoms with van der Waals surface area (Å²) >= 11 is 0. The first-order chi connectivity index (χ1) is 9.06. The van der Waals surface area contributed by atoms with Crippen LogP contribution in [0.4, 0.5) is 10.5 Å². The molecule has 4 nitrogen and oxygen atoms in total. The van der Waals surface area contributed by atoms with Gasteiger partial charge in [-0.15, -0.1) is 0 Å². The fourth-order valence-corrected chi connectivity index (χ4v) is 2.83. The minimum absolute atomic E-state index is 0.0455. The molecule has 0 bridgehead atoms. The zero-order valence-corrected chi connectivity index (χ0v) is 11.5. The molecule has 1 aliphatic heterocycles. The lowest BCUT2D eigenvalue weighted by molar-refractivity contribution is 0.218. The maximum Gasteiger partial charge on any atom is 0.321 e. The Kier molecular flexibility index (Phi) is 2.97. The molecule has 19 heavy (non-hydrogen) atoms. The van der Waals surface area contributed by atoms with Crippen molar-refractivity contribution < 1.29 is 4.79 Å². The number of urea groups is 1. The third kappa shape index (κ3) is 2.32. The van der Waals surface area contributed by atoms with Gasteiger partial charge in [-0.3, -0.25) is 0 Å². The van der Waals surface area contributed by atoms with Crippen LogP contribution in [0.5, 0.6) is 0 Å². The maximum absolute atomic E-state index is 11.6. The molecule has 1 heterocycles. The van der Waals surface area contributed by atoms with E-state index in [1.165, 1.54) is 18.4 Å². The fourth-order valence-electron chi connectivity index (χ4n) is 2.83. The molecule has 1 saturated carbocycles. The average molecular weight is 259 g/mol. The largest absolute Gasteiger partial charge is 0.324 e. The summed E-state index contributed by atoms with van der Waals surface area (Å²) in [6, 6.07) is 6.23. The molecule has 0 radical (unpaired) electrons. The third-order valence-corrected chi connectivity index (χ3v) is 4.44. The summed E-state index contributed by atoms with van der Waals surface area (Å²) in [6.45, 7) is 2.90. The van der Waals surface area contributed by atoms with Gasteiger partial charge in [-0.2, -0.15) is 0 Å². The van der Waals surface area contributed by atoms with Crippen LogP contribution in [0.1, 0.15) is 36.9 Å². The van der Waals surface area contributed by atoms with Crippen molar-refractivity contribution in [3.8, 4) is 0 Å². The number of fused-ring (bicyclic) bond motifs is 1. The van der Waals surface area contributed by atoms with Crippen LogP contribution in [-0.2, 0) is 6.54 Å². The van der Waals surface area contributed by atoms with E-state index in [0.29, 0.717) is 12.5 Å². The molecule has 1 aromatic rings. The molecule has 1 fully saturated rings. The van der Waals surface area contributed by atoms with E-state index < -0.39 is 0 Å². The van der Waals surface area contributed by atoms with Gasteiger partial charge < -0.3 is 16.0 Å². The zero-order valence-electron chi connectivity index (χ0n) is 11.5. The van der Waals surface area contributed by atoms with Gasteiger partial charge in [0.05, 0.1) is 0 Å². The highest BCUT2D eigenvalue weighted by molar-refractivity contribution is 5.92. The first-order valence-corrected chi connectivity index (χ1v) is 6.97. The number of hydrogen-bond acceptors (Lipinski definition) is 2. The number of carbonyl (C=O) groups excluding carboxylic acids is 1. The Balaban J connectivity index is 1.84. The fraction of sp³-hybridized carbons (Fsp3) is 0.533. The van der Waals surface area contributed by atoms with Crippen LogP contribution in [0.2, 0.25) is 0 Å². The summed E-state index contributed by atoms with van der Waals surface area (Å²) in [5.41, 5.74) is 9.62. The summed E-state index contributed by atoms with van der Waals surface area (Å²) in [5, 5.41) is 2.89. The number of hydrogen-bond donors (Lipinski definition) is 2. The second kappa shape index (κ2) is 4.53. The van der Waals surface area contributed by atoms with Crippen LogP contribution >= 0.6 is 0 Å². The molecular weight excluding hydrogens is 238 g/mol. The van der Waals surface area contributed by atoms with Crippen molar-refractivity contribution in [3.05, 3.63) is 29.3 Å². The first kappa shape index (κ1) is 12.5. The lowest BCUT2D eigenvalue weighted by Crippen LogP contribution is -2.35. The quantitative estimate of drug-likeness (QED) is 0.876. The molecule has 2 amide bonds. The van der Waals surface area contributed by atoms with Gasteiger partial charge in [0.2, 0.25) is 0 Å². The van der Waals surface area contributed by atoms with Gasteiger partial charge in [0.25, 0.3) is 0 Å². The topological polar surface area (TPSA) is 58.4 Å². The highest BCUT2D eigenvalue weighted by atomic mass is 16.2. The minimum Gasteiger partial charge on any atom is -0.324 e. The molecule has 4 heteroatoms. The predicted molar refractivity (Wildman–Crippen MR) is 75.7 cm³/mol. The van der Waals surface area contributed by atoms with E-state index in [4.69, 9.17) is 5.73 Å². The molecule has 0 spiro atoms. The highest BCUT2D eigenvalue weighted by Gasteiger charge is 2.32. The van der Waals surface area contributed by atoms with Gasteiger partial charge in [-0.1, -0.05) is 19.1 Å². The minimum atomic E-state index is -0.0455. The number of nitrogens with zero attached hydrogens (tertiary/aromatic N) is 1. The SMILES string of the molecule is CC(C1CC1)C(N)c1ccc2c(c1)CN(C)C(=O)N2. The Hall–Kier alpha value is -1.55. The third-order valence-electron chi connectivity index (χ3n) is 4.44. The van der Waals surface area contributed by atoms with Crippen molar-refractivity contribution in [1.82, 2.24) is 4.90 Å². The standard InChI is InChI=1S/C15H21N3O/c1-9(10-3-4-10)14(16)11-5-6-13-12(7-11)8-18(2)15(19)17-13/h5-7,9-10,14H,3-4,8,16H2,1-2H3,(H,17,19). The summed E-state index contributed by atoms with van der Waals surface area (Å²) < 4.78 is 0. The molecule has 102 valence electrons. The van der Waals surface area contributed by atoms with Crippen molar-refractivity contribution in [2.75, 3.05) is 12.4 Å². The normalized spacial score (nSPS) is 21.6. The highest BCUT2D eigenvalue weighted by Crippen LogP contribution is 2.42. The number of benzene rings is 1. The Morgan fingerprint density at radius 3 is 2.84 bits per heavy atom. The second-order valence-electron chi connectivity index (χ2n) is 5.93. The first-order valence-electron chi connectivity index (χ1n) is 6.97. The van der Waals surface area contributed by atoms with Crippen molar-refractivity contribution in [3.63, 3.8) is 0 Å². The van der Waals surface area contributed by atoms with E-state index in [2.05, 4.69) is 18.3 Å². The molecule has 2 unspecified atom stereocenters. The van der Waals surface area contributed by atoms with Crippen LogP contribution < -0.4 is 11.1 Å². The molecule has 0 saturated heterocycles. The monoisotopic (exact) mass is 259 g/mol. The lowest BCUT2D eigenvalue weighted by atomic mass is 9.90. The molecule has 2 aliphatic rings. The Labute approximate surface area is 114 Å². The number of nitrogens with one attached hydrogen (secondary N) is 1. The molecule has 1 aliphatic carbocycles. The Morgan fingerprint density at radius 1 is 1.42 bits per heavy atom. The molecular formula is C15H21N3O. The van der Waals surface area contributed by atoms with Gasteiger partial charge in [0.1, 0.15) is 0 Å². The van der Waals surface area contributed by atoms with Crippen LogP contribution in [0, 0.1) is 11.8 Å². The Bertz CT molecular complexity index is 510. The molecule has 0 aromatic heterocycles. The van der Waals surface area contributed by atoms with E-state index in [-0.39, 0.29) is 12.1 Å². The number of amides is 2. The second-order valence-corrected chi connectivity index (χ2v) is 5.93. The molecule has 3 rings (SSSR count). The number of rotatable bonds is 3. The Morgan fingerprint density at radius 2 is 2.16 bits per heavy atom. The zero-order chi connectivity index (χ0) is 13.6. The molecule has 2 atom stereocenters. The predicted octanol–water partition coefficient (Wildman–Crippen LogP) is 2.71. The number of carbonyl (C=O) groups is 1. The van der Waals surface area contributed by atoms with E-state index in [9.17, 15) is 4.79 Å². The summed E-state index contributed by atoms with van der Waals surface area (Å²) in [5.74, 6) is 1.34. The van der Waals surface area contributed by atoms with Gasteiger partial charge in [0, 0.05) is 25.3 Å². The summed E-state index contributed by atoms with van der Waals surface area (Å²) in [7, 11) is 1.80. The van der Waals surface area contributed by atoms with Crippen LogP contribution in [0.3, 0.4) is 0 Å². The van der Waals surface area contributed by atoms with Crippen molar-refractivity contribution >= 4 is 11.7 Å². The van der Waals surface area contributed by atoms with Crippen LogP contribution in [0.15, 0.2) is 18.2 Å². The van der Waals surface area contributed by atoms with Crippen molar-refractivity contribution in [2.24, 2.45) is 17.6 Å². The lowest BCUT2D eigenvalue weighted by Gasteiger charge is -2.28. The van der Waals surface area contributed by atoms with E-state index in [0.717, 1.165) is 17.2 Å². The van der Waals surface area contributed by atoms with E-state index >= 15 is 0 Å². The number of anilines is 1. The van der Waals surface area contributed by atoms with E-state index in [1.54, 1.807) is 11.9 Å². The van der Waals surface area contributed by atoms with Gasteiger partial charge in [0.15, 0.2) is 0 Å². The van der Waals surface area contributed by atoms with Crippen LogP contribution in [0.25, 0.3) is 0 Å². The van der Waals surface area contributed by atoms with Crippen LogP contribution in [-0.4, -0.2) is 18.0 Å². The van der Waals surface area contributed by atoms with Crippen molar-refractivity contribution in [2.45, 2.75) is 32.4 Å². The summed E-state index contributed by atoms with van der Waals surface area (Å²) in [4.78, 5) is 13.3. The smallest absolute Gasteiger partial charge is 0.321 e. The van der Waals surface area contributed by atoms with Crippen molar-refractivity contribution in [1.29, 1.82) is 0 Å². The maximum atomic E-state index is 11.6. The molecule has 3 N–H and O–H groups in total. The number of nitrogens with two attached hydrogens (primary N) is 1.